The van der Waals surface area contributed by atoms with E-state index in [1.165, 1.54) is 12.8 Å². The van der Waals surface area contributed by atoms with E-state index in [2.05, 4.69) is 32.6 Å². The molecule has 0 spiro atoms. The summed E-state index contributed by atoms with van der Waals surface area (Å²) in [5.41, 5.74) is -0.0320. The normalized spacial score (nSPS) is 24.6. The van der Waals surface area contributed by atoms with Gasteiger partial charge in [-0.15, -0.1) is 0 Å². The number of rotatable bonds is 8. The lowest BCUT2D eigenvalue weighted by atomic mass is 9.82. The number of ether oxygens (including phenoxy) is 1. The minimum atomic E-state index is -0.0320. The Morgan fingerprint density at radius 3 is 2.37 bits per heavy atom. The van der Waals surface area contributed by atoms with Crippen LogP contribution in [-0.2, 0) is 4.74 Å². The molecular formula is C16H33NO2. The first-order valence-corrected chi connectivity index (χ1v) is 7.99. The second-order valence-corrected chi connectivity index (χ2v) is 6.61. The third-order valence-corrected chi connectivity index (χ3v) is 4.34. The summed E-state index contributed by atoms with van der Waals surface area (Å²) in [6.07, 6.45) is 4.55. The zero-order valence-electron chi connectivity index (χ0n) is 13.3. The van der Waals surface area contributed by atoms with Crippen molar-refractivity contribution >= 4 is 0 Å². The summed E-state index contributed by atoms with van der Waals surface area (Å²) in [4.78, 5) is 2.59. The molecule has 3 nitrogen and oxygen atoms in total. The zero-order chi connectivity index (χ0) is 14.3. The van der Waals surface area contributed by atoms with Gasteiger partial charge < -0.3 is 9.84 Å². The van der Waals surface area contributed by atoms with Gasteiger partial charge in [0.2, 0.25) is 0 Å². The van der Waals surface area contributed by atoms with Crippen LogP contribution in [0.15, 0.2) is 0 Å². The molecule has 0 saturated carbocycles. The Morgan fingerprint density at radius 1 is 1.26 bits per heavy atom. The monoisotopic (exact) mass is 271 g/mol. The van der Waals surface area contributed by atoms with Gasteiger partial charge in [0.25, 0.3) is 0 Å². The van der Waals surface area contributed by atoms with Crippen molar-refractivity contribution in [1.82, 2.24) is 4.90 Å². The first kappa shape index (κ1) is 16.9. The number of aliphatic hydroxyl groups excluding tert-OH is 1. The Labute approximate surface area is 119 Å². The van der Waals surface area contributed by atoms with Gasteiger partial charge in [-0.3, -0.25) is 4.90 Å². The maximum Gasteiger partial charge on any atom is 0.0556 e. The van der Waals surface area contributed by atoms with Gasteiger partial charge >= 0.3 is 0 Å². The highest BCUT2D eigenvalue weighted by Gasteiger charge is 2.35. The summed E-state index contributed by atoms with van der Waals surface area (Å²) in [6, 6.07) is 0.632. The number of hydrogen-bond acceptors (Lipinski definition) is 3. The van der Waals surface area contributed by atoms with Gasteiger partial charge in [-0.25, -0.2) is 0 Å². The predicted octanol–water partition coefficient (Wildman–Crippen LogP) is 2.92. The van der Waals surface area contributed by atoms with Crippen molar-refractivity contribution in [2.24, 2.45) is 11.3 Å². The Balaban J connectivity index is 2.72. The molecule has 1 aliphatic heterocycles. The minimum Gasteiger partial charge on any atom is -0.396 e. The third kappa shape index (κ3) is 5.05. The summed E-state index contributed by atoms with van der Waals surface area (Å²) in [7, 11) is 0. The van der Waals surface area contributed by atoms with Crippen LogP contribution in [0.2, 0.25) is 0 Å². The van der Waals surface area contributed by atoms with Gasteiger partial charge in [-0.05, 0) is 31.6 Å². The van der Waals surface area contributed by atoms with E-state index in [0.717, 1.165) is 39.1 Å². The smallest absolute Gasteiger partial charge is 0.0556 e. The van der Waals surface area contributed by atoms with E-state index in [1.807, 2.05) is 0 Å². The van der Waals surface area contributed by atoms with E-state index < -0.39 is 0 Å². The highest BCUT2D eigenvalue weighted by molar-refractivity contribution is 4.87. The van der Waals surface area contributed by atoms with Crippen LogP contribution in [0, 0.1) is 11.3 Å². The van der Waals surface area contributed by atoms with Crippen LogP contribution in [0.1, 0.15) is 53.4 Å². The van der Waals surface area contributed by atoms with Crippen molar-refractivity contribution < 1.29 is 9.84 Å². The molecule has 0 bridgehead atoms. The molecule has 1 saturated heterocycles. The summed E-state index contributed by atoms with van der Waals surface area (Å²) in [5, 5.41) is 9.85. The zero-order valence-corrected chi connectivity index (χ0v) is 13.3. The van der Waals surface area contributed by atoms with Gasteiger partial charge in [0.15, 0.2) is 0 Å². The standard InChI is InChI=1S/C16H33NO2/c1-5-15(6-2)17(10-14(3)4)11-16(12-18)8-7-9-19-13-16/h14-15,18H,5-13H2,1-4H3. The third-order valence-electron chi connectivity index (χ3n) is 4.34. The molecule has 0 amide bonds. The predicted molar refractivity (Wildman–Crippen MR) is 80.4 cm³/mol. The highest BCUT2D eigenvalue weighted by Crippen LogP contribution is 2.30. The Kier molecular flexibility index (Phi) is 7.33. The summed E-state index contributed by atoms with van der Waals surface area (Å²) >= 11 is 0. The topological polar surface area (TPSA) is 32.7 Å². The van der Waals surface area contributed by atoms with Crippen molar-refractivity contribution in [1.29, 1.82) is 0 Å². The van der Waals surface area contributed by atoms with Crippen molar-refractivity contribution in [3.05, 3.63) is 0 Å². The number of nitrogens with zero attached hydrogens (tertiary/aromatic N) is 1. The van der Waals surface area contributed by atoms with Gasteiger partial charge in [0, 0.05) is 31.2 Å². The van der Waals surface area contributed by atoms with Crippen molar-refractivity contribution in [2.45, 2.75) is 59.4 Å². The van der Waals surface area contributed by atoms with E-state index in [4.69, 9.17) is 4.74 Å². The molecule has 1 aliphatic rings. The molecule has 19 heavy (non-hydrogen) atoms. The van der Waals surface area contributed by atoms with E-state index in [0.29, 0.717) is 12.0 Å². The van der Waals surface area contributed by atoms with Crippen molar-refractivity contribution in [2.75, 3.05) is 32.9 Å². The lowest BCUT2D eigenvalue weighted by Gasteiger charge is -2.42. The molecule has 1 N–H and O–H groups in total. The molecule has 114 valence electrons. The summed E-state index contributed by atoms with van der Waals surface area (Å²) in [5.74, 6) is 0.667. The second kappa shape index (κ2) is 8.23. The molecular weight excluding hydrogens is 238 g/mol. The maximum absolute atomic E-state index is 9.85. The highest BCUT2D eigenvalue weighted by atomic mass is 16.5. The van der Waals surface area contributed by atoms with Crippen LogP contribution in [0.3, 0.4) is 0 Å². The van der Waals surface area contributed by atoms with E-state index in [-0.39, 0.29) is 12.0 Å². The van der Waals surface area contributed by atoms with Gasteiger partial charge in [0.1, 0.15) is 0 Å². The van der Waals surface area contributed by atoms with Crippen LogP contribution in [0.5, 0.6) is 0 Å². The minimum absolute atomic E-state index is 0.0320. The fourth-order valence-electron chi connectivity index (χ4n) is 3.26. The van der Waals surface area contributed by atoms with Gasteiger partial charge in [0.05, 0.1) is 13.2 Å². The fraction of sp³-hybridized carbons (Fsp3) is 1.00. The SMILES string of the molecule is CCC(CC)N(CC(C)C)CC1(CO)CCCOC1. The molecule has 1 rings (SSSR count). The van der Waals surface area contributed by atoms with Gasteiger partial charge in [-0.1, -0.05) is 27.7 Å². The molecule has 0 aliphatic carbocycles. The Morgan fingerprint density at radius 2 is 1.95 bits per heavy atom. The molecule has 0 aromatic heterocycles. The second-order valence-electron chi connectivity index (χ2n) is 6.61. The lowest BCUT2D eigenvalue weighted by molar-refractivity contribution is -0.0631. The van der Waals surface area contributed by atoms with Crippen LogP contribution in [-0.4, -0.2) is 49.0 Å². The van der Waals surface area contributed by atoms with Crippen molar-refractivity contribution in [3.63, 3.8) is 0 Å². The molecule has 1 heterocycles. The number of hydrogen-bond donors (Lipinski definition) is 1. The molecule has 1 fully saturated rings. The number of aliphatic hydroxyl groups is 1. The quantitative estimate of drug-likeness (QED) is 0.737. The average Bonchev–Trinajstić information content (AvgIpc) is 2.40. The van der Waals surface area contributed by atoms with Crippen LogP contribution in [0.25, 0.3) is 0 Å². The Bertz CT molecular complexity index is 233. The summed E-state index contributed by atoms with van der Waals surface area (Å²) < 4.78 is 5.64. The summed E-state index contributed by atoms with van der Waals surface area (Å²) in [6.45, 7) is 13.0. The average molecular weight is 271 g/mol. The van der Waals surface area contributed by atoms with Crippen molar-refractivity contribution in [3.8, 4) is 0 Å². The molecule has 1 unspecified atom stereocenters. The van der Waals surface area contributed by atoms with E-state index in [1.54, 1.807) is 0 Å². The van der Waals surface area contributed by atoms with Crippen LogP contribution in [0.4, 0.5) is 0 Å². The Hall–Kier alpha value is -0.120. The molecule has 0 radical (unpaired) electrons. The first-order valence-electron chi connectivity index (χ1n) is 7.99. The van der Waals surface area contributed by atoms with E-state index in [9.17, 15) is 5.11 Å². The molecule has 0 aromatic carbocycles. The lowest BCUT2D eigenvalue weighted by Crippen LogP contribution is -2.49. The first-order chi connectivity index (χ1) is 9.06. The van der Waals surface area contributed by atoms with Crippen LogP contribution < -0.4 is 0 Å². The van der Waals surface area contributed by atoms with Gasteiger partial charge in [-0.2, -0.15) is 0 Å². The molecule has 1 atom stereocenters. The molecule has 0 aromatic rings. The fourth-order valence-corrected chi connectivity index (χ4v) is 3.26. The largest absolute Gasteiger partial charge is 0.396 e. The molecule has 3 heteroatoms. The van der Waals surface area contributed by atoms with E-state index >= 15 is 0 Å². The van der Waals surface area contributed by atoms with Crippen LogP contribution >= 0.6 is 0 Å². The maximum atomic E-state index is 9.85.